The number of halogens is 2. The van der Waals surface area contributed by atoms with Crippen molar-refractivity contribution in [3.8, 4) is 0 Å². The summed E-state index contributed by atoms with van der Waals surface area (Å²) in [5, 5.41) is 8.61. The zero-order valence-electron chi connectivity index (χ0n) is 10.8. The Hall–Kier alpha value is -0.0600. The number of rotatable bonds is 7. The van der Waals surface area contributed by atoms with Crippen molar-refractivity contribution >= 4 is 27.5 Å². The first kappa shape index (κ1) is 15.0. The fraction of sp³-hybridized carbons (Fsp3) is 0.750. The van der Waals surface area contributed by atoms with Gasteiger partial charge in [-0.1, -0.05) is 34.5 Å². The molecule has 0 aliphatic rings. The minimum atomic E-state index is 0.600. The van der Waals surface area contributed by atoms with Crippen molar-refractivity contribution in [3.63, 3.8) is 0 Å². The maximum Gasteiger partial charge on any atom is 0.0860 e. The van der Waals surface area contributed by atoms with Gasteiger partial charge in [0.25, 0.3) is 0 Å². The van der Waals surface area contributed by atoms with Gasteiger partial charge >= 0.3 is 0 Å². The van der Waals surface area contributed by atoms with Gasteiger partial charge in [-0.05, 0) is 33.2 Å². The number of nitrogens with zero attached hydrogens (tertiary/aromatic N) is 2. The molecule has 0 spiro atoms. The lowest BCUT2D eigenvalue weighted by molar-refractivity contribution is 0.567. The van der Waals surface area contributed by atoms with E-state index in [9.17, 15) is 0 Å². The van der Waals surface area contributed by atoms with Crippen LogP contribution in [0.15, 0.2) is 0 Å². The fourth-order valence-electron chi connectivity index (χ4n) is 1.71. The average molecular weight is 323 g/mol. The third-order valence-corrected chi connectivity index (χ3v) is 4.42. The number of nitrogens with one attached hydrogen (secondary N) is 1. The Morgan fingerprint density at radius 3 is 2.76 bits per heavy atom. The van der Waals surface area contributed by atoms with Crippen molar-refractivity contribution in [1.82, 2.24) is 15.1 Å². The highest BCUT2D eigenvalue weighted by atomic mass is 79.9. The molecule has 1 aromatic heterocycles. The van der Waals surface area contributed by atoms with Gasteiger partial charge in [0.1, 0.15) is 0 Å². The maximum absolute atomic E-state index is 6.23. The predicted molar refractivity (Wildman–Crippen MR) is 77.0 cm³/mol. The van der Waals surface area contributed by atoms with Crippen LogP contribution >= 0.6 is 27.5 Å². The molecule has 5 heteroatoms. The maximum atomic E-state index is 6.23. The Balaban J connectivity index is 2.46. The molecule has 0 saturated carbocycles. The van der Waals surface area contributed by atoms with Crippen LogP contribution in [0.3, 0.4) is 0 Å². The molecule has 1 heterocycles. The molecule has 1 atom stereocenters. The number of alkyl halides is 1. The van der Waals surface area contributed by atoms with Crippen LogP contribution in [-0.2, 0) is 13.1 Å². The smallest absolute Gasteiger partial charge is 0.0860 e. The monoisotopic (exact) mass is 321 g/mol. The van der Waals surface area contributed by atoms with Gasteiger partial charge in [0.15, 0.2) is 0 Å². The predicted octanol–water partition coefficient (Wildman–Crippen LogP) is 3.52. The summed E-state index contributed by atoms with van der Waals surface area (Å²) in [6.45, 7) is 8.86. The van der Waals surface area contributed by atoms with Gasteiger partial charge in [-0.15, -0.1) is 0 Å². The lowest BCUT2D eigenvalue weighted by atomic mass is 10.2. The second kappa shape index (κ2) is 7.39. The quantitative estimate of drug-likeness (QED) is 0.615. The fourth-order valence-corrected chi connectivity index (χ4v) is 2.14. The molecular formula is C12H21BrClN3. The number of hydrogen-bond donors (Lipinski definition) is 1. The lowest BCUT2D eigenvalue weighted by Crippen LogP contribution is -2.20. The first-order valence-electron chi connectivity index (χ1n) is 6.16. The van der Waals surface area contributed by atoms with Crippen LogP contribution in [0.25, 0.3) is 0 Å². The highest BCUT2D eigenvalue weighted by Gasteiger charge is 2.11. The van der Waals surface area contributed by atoms with E-state index < -0.39 is 0 Å². The summed E-state index contributed by atoms with van der Waals surface area (Å²) in [6.07, 6.45) is 2.29. The molecule has 0 saturated heterocycles. The molecule has 0 fully saturated rings. The standard InChI is InChI=1S/C12H21BrClN3/c1-4-10(13)6-7-15-8-11-12(14)9(3)16-17(11)5-2/h10,15H,4-8H2,1-3H3. The molecule has 1 N–H and O–H groups in total. The van der Waals surface area contributed by atoms with Crippen LogP contribution in [-0.4, -0.2) is 21.2 Å². The van der Waals surface area contributed by atoms with Crippen LogP contribution in [0.1, 0.15) is 38.1 Å². The number of aryl methyl sites for hydroxylation is 2. The first-order chi connectivity index (χ1) is 8.10. The molecule has 17 heavy (non-hydrogen) atoms. The molecule has 1 rings (SSSR count). The molecule has 0 radical (unpaired) electrons. The van der Waals surface area contributed by atoms with Crippen LogP contribution < -0.4 is 5.32 Å². The zero-order valence-corrected chi connectivity index (χ0v) is 13.1. The Labute approximate surface area is 117 Å². The van der Waals surface area contributed by atoms with Crippen molar-refractivity contribution in [1.29, 1.82) is 0 Å². The Morgan fingerprint density at radius 1 is 1.47 bits per heavy atom. The normalized spacial score (nSPS) is 13.0. The highest BCUT2D eigenvalue weighted by molar-refractivity contribution is 9.09. The topological polar surface area (TPSA) is 29.9 Å². The van der Waals surface area contributed by atoms with Crippen LogP contribution in [0, 0.1) is 6.92 Å². The number of hydrogen-bond acceptors (Lipinski definition) is 2. The Morgan fingerprint density at radius 2 is 2.18 bits per heavy atom. The van der Waals surface area contributed by atoms with E-state index in [1.54, 1.807) is 0 Å². The second-order valence-electron chi connectivity index (χ2n) is 4.13. The SMILES string of the molecule is CCC(Br)CCNCc1c(Cl)c(C)nn1CC. The van der Waals surface area contributed by atoms with E-state index in [4.69, 9.17) is 11.6 Å². The lowest BCUT2D eigenvalue weighted by Gasteiger charge is -2.09. The van der Waals surface area contributed by atoms with Crippen LogP contribution in [0.5, 0.6) is 0 Å². The van der Waals surface area contributed by atoms with Crippen molar-refractivity contribution in [2.45, 2.75) is 51.5 Å². The largest absolute Gasteiger partial charge is 0.311 e. The van der Waals surface area contributed by atoms with E-state index >= 15 is 0 Å². The van der Waals surface area contributed by atoms with E-state index in [1.165, 1.54) is 0 Å². The molecule has 0 amide bonds. The van der Waals surface area contributed by atoms with Crippen molar-refractivity contribution in [3.05, 3.63) is 16.4 Å². The highest BCUT2D eigenvalue weighted by Crippen LogP contribution is 2.20. The first-order valence-corrected chi connectivity index (χ1v) is 7.46. The summed E-state index contributed by atoms with van der Waals surface area (Å²) in [5.41, 5.74) is 2.01. The summed E-state index contributed by atoms with van der Waals surface area (Å²) in [5.74, 6) is 0. The van der Waals surface area contributed by atoms with E-state index in [-0.39, 0.29) is 0 Å². The van der Waals surface area contributed by atoms with Gasteiger partial charge in [-0.25, -0.2) is 0 Å². The second-order valence-corrected chi connectivity index (χ2v) is 5.81. The van der Waals surface area contributed by atoms with E-state index in [1.807, 2.05) is 11.6 Å². The third kappa shape index (κ3) is 4.27. The van der Waals surface area contributed by atoms with Gasteiger partial charge in [-0.3, -0.25) is 4.68 Å². The van der Waals surface area contributed by atoms with Gasteiger partial charge < -0.3 is 5.32 Å². The van der Waals surface area contributed by atoms with Gasteiger partial charge in [-0.2, -0.15) is 5.10 Å². The molecule has 3 nitrogen and oxygen atoms in total. The Kier molecular flexibility index (Phi) is 6.52. The van der Waals surface area contributed by atoms with E-state index in [0.717, 1.165) is 48.9 Å². The Bertz CT molecular complexity index is 352. The summed E-state index contributed by atoms with van der Waals surface area (Å²) >= 11 is 9.86. The van der Waals surface area contributed by atoms with Gasteiger partial charge in [0.2, 0.25) is 0 Å². The van der Waals surface area contributed by atoms with Gasteiger partial charge in [0, 0.05) is 17.9 Å². The molecule has 1 unspecified atom stereocenters. The van der Waals surface area contributed by atoms with Crippen molar-refractivity contribution in [2.24, 2.45) is 0 Å². The summed E-state index contributed by atoms with van der Waals surface area (Å²) < 4.78 is 1.97. The summed E-state index contributed by atoms with van der Waals surface area (Å²) in [4.78, 5) is 0.600. The molecule has 0 aliphatic heterocycles. The van der Waals surface area contributed by atoms with Crippen molar-refractivity contribution < 1.29 is 0 Å². The molecular weight excluding hydrogens is 302 g/mol. The van der Waals surface area contributed by atoms with Crippen LogP contribution in [0.2, 0.25) is 5.02 Å². The van der Waals surface area contributed by atoms with Crippen LogP contribution in [0.4, 0.5) is 0 Å². The molecule has 0 aromatic carbocycles. The molecule has 98 valence electrons. The van der Waals surface area contributed by atoms with Gasteiger partial charge in [0.05, 0.1) is 16.4 Å². The third-order valence-electron chi connectivity index (χ3n) is 2.82. The van der Waals surface area contributed by atoms with E-state index in [0.29, 0.717) is 4.83 Å². The van der Waals surface area contributed by atoms with Crippen molar-refractivity contribution in [2.75, 3.05) is 6.54 Å². The minimum Gasteiger partial charge on any atom is -0.311 e. The average Bonchev–Trinajstić information content (AvgIpc) is 2.61. The van der Waals surface area contributed by atoms with E-state index in [2.05, 4.69) is 40.2 Å². The molecule has 1 aromatic rings. The number of aromatic nitrogens is 2. The summed E-state index contributed by atoms with van der Waals surface area (Å²) in [6, 6.07) is 0. The molecule has 0 aliphatic carbocycles. The molecule has 0 bridgehead atoms. The minimum absolute atomic E-state index is 0.600. The summed E-state index contributed by atoms with van der Waals surface area (Å²) in [7, 11) is 0. The zero-order chi connectivity index (χ0) is 12.8.